The zero-order chi connectivity index (χ0) is 11.8. The van der Waals surface area contributed by atoms with Crippen molar-refractivity contribution in [3.05, 3.63) is 17.3 Å². The van der Waals surface area contributed by atoms with Gasteiger partial charge in [0.05, 0.1) is 11.3 Å². The normalized spacial score (nSPS) is 12.1. The predicted octanol–water partition coefficient (Wildman–Crippen LogP) is 0.681. The molecule has 0 aliphatic heterocycles. The number of nitrogens with two attached hydrogens (primary N) is 1. The van der Waals surface area contributed by atoms with Crippen LogP contribution in [0.3, 0.4) is 0 Å². The van der Waals surface area contributed by atoms with Gasteiger partial charge in [-0.2, -0.15) is 0 Å². The molecule has 0 aliphatic carbocycles. The Morgan fingerprint density at radius 2 is 2.07 bits per heavy atom. The number of sulfonamides is 1. The third-order valence-electron chi connectivity index (χ3n) is 1.68. The highest BCUT2D eigenvalue weighted by atomic mass is 32.2. The molecule has 0 saturated heterocycles. The van der Waals surface area contributed by atoms with Gasteiger partial charge in [0, 0.05) is 0 Å². The molecule has 84 valence electrons. The van der Waals surface area contributed by atoms with Gasteiger partial charge in [0.2, 0.25) is 0 Å². The van der Waals surface area contributed by atoms with Gasteiger partial charge in [-0.15, -0.1) is 0 Å². The summed E-state index contributed by atoms with van der Waals surface area (Å²) in [7, 11) is -4.32. The van der Waals surface area contributed by atoms with Gasteiger partial charge < -0.3 is 5.11 Å². The summed E-state index contributed by atoms with van der Waals surface area (Å²) in [6, 6.07) is 0.646. The fourth-order valence-corrected chi connectivity index (χ4v) is 1.71. The van der Waals surface area contributed by atoms with Crippen molar-refractivity contribution in [1.29, 1.82) is 0 Å². The Bertz CT molecular complexity index is 487. The van der Waals surface area contributed by atoms with Gasteiger partial charge in [-0.25, -0.2) is 27.3 Å². The van der Waals surface area contributed by atoms with Crippen LogP contribution in [0, 0.1) is 6.92 Å². The molecular formula is C7H8F2N2O3S. The molecule has 8 heteroatoms. The van der Waals surface area contributed by atoms with Crippen LogP contribution in [0.2, 0.25) is 0 Å². The van der Waals surface area contributed by atoms with E-state index in [1.807, 2.05) is 0 Å². The lowest BCUT2D eigenvalue weighted by molar-refractivity contribution is 0.146. The number of primary sulfonamides is 1. The number of nitrogens with zero attached hydrogens (tertiary/aromatic N) is 1. The van der Waals surface area contributed by atoms with Crippen LogP contribution >= 0.6 is 0 Å². The first kappa shape index (κ1) is 11.8. The maximum Gasteiger partial charge on any atom is 0.266 e. The van der Waals surface area contributed by atoms with Crippen molar-refractivity contribution in [2.24, 2.45) is 5.14 Å². The standard InChI is InChI=1S/C7H8F2N2O3S/c1-3-5(12)2-4(6(8)9)7(11-3)15(10,13)14/h2,6,12H,1H3,(H2,10,13,14). The van der Waals surface area contributed by atoms with Gasteiger partial charge in [0.25, 0.3) is 16.4 Å². The van der Waals surface area contributed by atoms with Gasteiger partial charge in [-0.3, -0.25) is 0 Å². The Hall–Kier alpha value is -1.28. The van der Waals surface area contributed by atoms with Gasteiger partial charge in [-0.05, 0) is 13.0 Å². The monoisotopic (exact) mass is 238 g/mol. The van der Waals surface area contributed by atoms with Crippen LogP contribution in [-0.2, 0) is 10.0 Å². The average Bonchev–Trinajstić information content (AvgIpc) is 2.06. The molecule has 0 radical (unpaired) electrons. The van der Waals surface area contributed by atoms with Gasteiger partial charge in [-0.1, -0.05) is 0 Å². The zero-order valence-corrected chi connectivity index (χ0v) is 8.42. The molecule has 0 aromatic carbocycles. The molecule has 0 spiro atoms. The maximum atomic E-state index is 12.4. The van der Waals surface area contributed by atoms with Crippen molar-refractivity contribution >= 4 is 10.0 Å². The van der Waals surface area contributed by atoms with Crippen molar-refractivity contribution in [3.63, 3.8) is 0 Å². The Kier molecular flexibility index (Phi) is 2.91. The molecule has 1 aromatic heterocycles. The number of aromatic nitrogens is 1. The van der Waals surface area contributed by atoms with Crippen LogP contribution in [0.15, 0.2) is 11.1 Å². The minimum absolute atomic E-state index is 0.0802. The molecule has 1 heterocycles. The first-order valence-electron chi connectivity index (χ1n) is 3.75. The summed E-state index contributed by atoms with van der Waals surface area (Å²) in [5.74, 6) is -0.502. The highest BCUT2D eigenvalue weighted by Gasteiger charge is 2.24. The molecule has 5 nitrogen and oxygen atoms in total. The molecular weight excluding hydrogens is 230 g/mol. The molecule has 0 saturated carbocycles. The van der Waals surface area contributed by atoms with E-state index in [1.54, 1.807) is 0 Å². The number of alkyl halides is 2. The van der Waals surface area contributed by atoms with Crippen LogP contribution in [-0.4, -0.2) is 18.5 Å². The summed E-state index contributed by atoms with van der Waals surface area (Å²) in [6.07, 6.45) is -3.07. The summed E-state index contributed by atoms with van der Waals surface area (Å²) in [6.45, 7) is 1.28. The number of aryl methyl sites for hydroxylation is 1. The van der Waals surface area contributed by atoms with Crippen LogP contribution in [0.1, 0.15) is 17.7 Å². The molecule has 1 rings (SSSR count). The molecule has 15 heavy (non-hydrogen) atoms. The van der Waals surface area contributed by atoms with E-state index >= 15 is 0 Å². The summed E-state index contributed by atoms with van der Waals surface area (Å²) >= 11 is 0. The molecule has 1 aromatic rings. The topological polar surface area (TPSA) is 93.3 Å². The average molecular weight is 238 g/mol. The van der Waals surface area contributed by atoms with E-state index in [9.17, 15) is 17.2 Å². The Morgan fingerprint density at radius 3 is 2.47 bits per heavy atom. The number of hydrogen-bond donors (Lipinski definition) is 2. The fraction of sp³-hybridized carbons (Fsp3) is 0.286. The Balaban J connectivity index is 3.56. The van der Waals surface area contributed by atoms with Gasteiger partial charge >= 0.3 is 0 Å². The predicted molar refractivity (Wildman–Crippen MR) is 47.0 cm³/mol. The van der Waals surface area contributed by atoms with Crippen LogP contribution in [0.4, 0.5) is 8.78 Å². The minimum atomic E-state index is -4.32. The molecule has 0 fully saturated rings. The minimum Gasteiger partial charge on any atom is -0.506 e. The largest absolute Gasteiger partial charge is 0.506 e. The maximum absolute atomic E-state index is 12.4. The fourth-order valence-electron chi connectivity index (χ4n) is 0.972. The van der Waals surface area contributed by atoms with Crippen LogP contribution in [0.5, 0.6) is 5.75 Å². The number of halogens is 2. The lowest BCUT2D eigenvalue weighted by atomic mass is 10.2. The molecule has 0 unspecified atom stereocenters. The molecule has 0 aliphatic rings. The van der Waals surface area contributed by atoms with E-state index in [0.29, 0.717) is 6.07 Å². The van der Waals surface area contributed by atoms with Crippen molar-refractivity contribution in [1.82, 2.24) is 4.98 Å². The summed E-state index contributed by atoms with van der Waals surface area (Å²) < 4.78 is 46.6. The first-order chi connectivity index (χ1) is 6.73. The van der Waals surface area contributed by atoms with Crippen LogP contribution < -0.4 is 5.14 Å². The Morgan fingerprint density at radius 1 is 1.53 bits per heavy atom. The summed E-state index contributed by atoms with van der Waals surface area (Å²) in [4.78, 5) is 3.32. The van der Waals surface area contributed by atoms with E-state index in [-0.39, 0.29) is 5.69 Å². The summed E-state index contributed by atoms with van der Waals surface area (Å²) in [5.41, 5.74) is -0.982. The van der Waals surface area contributed by atoms with E-state index < -0.39 is 32.8 Å². The van der Waals surface area contributed by atoms with E-state index in [2.05, 4.69) is 4.98 Å². The number of rotatable bonds is 2. The molecule has 0 bridgehead atoms. The smallest absolute Gasteiger partial charge is 0.266 e. The molecule has 0 atom stereocenters. The van der Waals surface area contributed by atoms with Crippen molar-refractivity contribution in [2.75, 3.05) is 0 Å². The second kappa shape index (κ2) is 3.70. The number of aromatic hydroxyl groups is 1. The highest BCUT2D eigenvalue weighted by Crippen LogP contribution is 2.28. The van der Waals surface area contributed by atoms with E-state index in [1.165, 1.54) is 6.92 Å². The number of pyridine rings is 1. The third kappa shape index (κ3) is 2.39. The molecule has 3 N–H and O–H groups in total. The third-order valence-corrected chi connectivity index (χ3v) is 2.55. The van der Waals surface area contributed by atoms with E-state index in [0.717, 1.165) is 0 Å². The zero-order valence-electron chi connectivity index (χ0n) is 7.61. The highest BCUT2D eigenvalue weighted by molar-refractivity contribution is 7.89. The van der Waals surface area contributed by atoms with Crippen molar-refractivity contribution in [3.8, 4) is 5.75 Å². The first-order valence-corrected chi connectivity index (χ1v) is 5.29. The van der Waals surface area contributed by atoms with Crippen LogP contribution in [0.25, 0.3) is 0 Å². The quantitative estimate of drug-likeness (QED) is 0.792. The van der Waals surface area contributed by atoms with E-state index in [4.69, 9.17) is 10.2 Å². The Labute approximate surface area is 84.6 Å². The lowest BCUT2D eigenvalue weighted by Crippen LogP contribution is -2.17. The second-order valence-corrected chi connectivity index (χ2v) is 4.31. The SMILES string of the molecule is Cc1nc(S(N)(=O)=O)c(C(F)F)cc1O. The van der Waals surface area contributed by atoms with Crippen molar-refractivity contribution < 1.29 is 22.3 Å². The van der Waals surface area contributed by atoms with Crippen molar-refractivity contribution in [2.45, 2.75) is 18.4 Å². The lowest BCUT2D eigenvalue weighted by Gasteiger charge is -2.08. The van der Waals surface area contributed by atoms with Gasteiger partial charge in [0.15, 0.2) is 5.03 Å². The summed E-state index contributed by atoms with van der Waals surface area (Å²) in [5, 5.41) is 12.9. The number of hydrogen-bond acceptors (Lipinski definition) is 4. The molecule has 0 amide bonds. The van der Waals surface area contributed by atoms with Gasteiger partial charge in [0.1, 0.15) is 5.75 Å². The second-order valence-electron chi connectivity index (χ2n) is 2.83.